The molecule has 1 amide bonds. The number of aliphatic hydroxyl groups is 1. The van der Waals surface area contributed by atoms with Gasteiger partial charge in [0.15, 0.2) is 0 Å². The van der Waals surface area contributed by atoms with Crippen LogP contribution in [0.2, 0.25) is 0 Å². The molecular formula is C12H17NO3. The van der Waals surface area contributed by atoms with Crippen molar-refractivity contribution in [3.05, 3.63) is 30.2 Å². The average molecular weight is 223 g/mol. The van der Waals surface area contributed by atoms with E-state index in [1.54, 1.807) is 29.4 Å². The number of aliphatic hydroxyl groups excluding tert-OH is 1. The van der Waals surface area contributed by atoms with Crippen molar-refractivity contribution in [2.24, 2.45) is 0 Å². The molecule has 0 bridgehead atoms. The number of carbonyl (C=O) groups excluding carboxylic acids is 1. The van der Waals surface area contributed by atoms with E-state index in [2.05, 4.69) is 0 Å². The van der Waals surface area contributed by atoms with Gasteiger partial charge >= 0.3 is 0 Å². The van der Waals surface area contributed by atoms with Gasteiger partial charge in [-0.05, 0) is 31.6 Å². The second kappa shape index (κ2) is 6.85. The summed E-state index contributed by atoms with van der Waals surface area (Å²) in [4.78, 5) is 13.4. The lowest BCUT2D eigenvalue weighted by atomic mass is 10.3. The third-order valence-corrected chi connectivity index (χ3v) is 2.21. The molecule has 0 aromatic carbocycles. The Morgan fingerprint density at radius 1 is 1.62 bits per heavy atom. The molecule has 1 heterocycles. The largest absolute Gasteiger partial charge is 0.465 e. The predicted molar refractivity (Wildman–Crippen MR) is 61.7 cm³/mol. The van der Waals surface area contributed by atoms with Gasteiger partial charge in [0.2, 0.25) is 5.91 Å². The molecule has 1 N–H and O–H groups in total. The molecule has 1 rings (SSSR count). The molecule has 1 aromatic heterocycles. The molecule has 0 unspecified atom stereocenters. The minimum atomic E-state index is -0.0626. The first-order valence-electron chi connectivity index (χ1n) is 5.39. The topological polar surface area (TPSA) is 53.7 Å². The molecule has 0 fully saturated rings. The molecular weight excluding hydrogens is 206 g/mol. The van der Waals surface area contributed by atoms with Crippen molar-refractivity contribution in [2.45, 2.75) is 13.3 Å². The summed E-state index contributed by atoms with van der Waals surface area (Å²) in [6.07, 6.45) is 5.30. The van der Waals surface area contributed by atoms with Crippen molar-refractivity contribution in [3.8, 4) is 0 Å². The fourth-order valence-electron chi connectivity index (χ4n) is 1.33. The van der Waals surface area contributed by atoms with E-state index in [4.69, 9.17) is 9.52 Å². The molecule has 88 valence electrons. The highest BCUT2D eigenvalue weighted by molar-refractivity contribution is 5.91. The zero-order valence-corrected chi connectivity index (χ0v) is 9.43. The van der Waals surface area contributed by atoms with Crippen molar-refractivity contribution >= 4 is 12.0 Å². The molecule has 0 saturated heterocycles. The lowest BCUT2D eigenvalue weighted by Crippen LogP contribution is -2.30. The Morgan fingerprint density at radius 3 is 3.00 bits per heavy atom. The number of amides is 1. The molecule has 4 heteroatoms. The highest BCUT2D eigenvalue weighted by Crippen LogP contribution is 2.03. The summed E-state index contributed by atoms with van der Waals surface area (Å²) >= 11 is 0. The van der Waals surface area contributed by atoms with Crippen LogP contribution in [0.15, 0.2) is 28.9 Å². The van der Waals surface area contributed by atoms with Crippen LogP contribution < -0.4 is 0 Å². The first kappa shape index (κ1) is 12.5. The second-order valence-corrected chi connectivity index (χ2v) is 3.34. The molecule has 0 radical (unpaired) electrons. The van der Waals surface area contributed by atoms with E-state index in [0.717, 1.165) is 0 Å². The number of nitrogens with zero attached hydrogens (tertiary/aromatic N) is 1. The minimum Gasteiger partial charge on any atom is -0.465 e. The maximum Gasteiger partial charge on any atom is 0.246 e. The van der Waals surface area contributed by atoms with Crippen molar-refractivity contribution < 1.29 is 14.3 Å². The number of likely N-dealkylation sites (N-methyl/N-ethyl adjacent to an activating group) is 1. The van der Waals surface area contributed by atoms with Crippen molar-refractivity contribution in [1.82, 2.24) is 4.90 Å². The van der Waals surface area contributed by atoms with Gasteiger partial charge in [-0.3, -0.25) is 4.79 Å². The molecule has 1 aromatic rings. The van der Waals surface area contributed by atoms with Crippen LogP contribution in [-0.2, 0) is 4.79 Å². The lowest BCUT2D eigenvalue weighted by Gasteiger charge is -2.18. The van der Waals surface area contributed by atoms with E-state index in [0.29, 0.717) is 25.3 Å². The smallest absolute Gasteiger partial charge is 0.246 e. The summed E-state index contributed by atoms with van der Waals surface area (Å²) < 4.78 is 5.08. The molecule has 0 aliphatic rings. The maximum absolute atomic E-state index is 11.7. The van der Waals surface area contributed by atoms with E-state index in [1.165, 1.54) is 6.08 Å². The van der Waals surface area contributed by atoms with Gasteiger partial charge in [-0.15, -0.1) is 0 Å². The Hall–Kier alpha value is -1.55. The van der Waals surface area contributed by atoms with Crippen LogP contribution >= 0.6 is 0 Å². The van der Waals surface area contributed by atoms with E-state index in [-0.39, 0.29) is 12.5 Å². The Balaban J connectivity index is 2.49. The van der Waals surface area contributed by atoms with Gasteiger partial charge in [-0.2, -0.15) is 0 Å². The standard InChI is InChI=1S/C12H17NO3/c1-2-13(8-4-9-14)12(15)7-6-11-5-3-10-16-11/h3,5-7,10,14H,2,4,8-9H2,1H3/b7-6+. The summed E-state index contributed by atoms with van der Waals surface area (Å²) in [7, 11) is 0. The summed E-state index contributed by atoms with van der Waals surface area (Å²) in [6, 6.07) is 3.56. The van der Waals surface area contributed by atoms with E-state index < -0.39 is 0 Å². The zero-order chi connectivity index (χ0) is 11.8. The fourth-order valence-corrected chi connectivity index (χ4v) is 1.33. The molecule has 0 spiro atoms. The van der Waals surface area contributed by atoms with Crippen LogP contribution in [0.25, 0.3) is 6.08 Å². The SMILES string of the molecule is CCN(CCCO)C(=O)/C=C/c1ccco1. The first-order chi connectivity index (χ1) is 7.77. The summed E-state index contributed by atoms with van der Waals surface area (Å²) in [6.45, 7) is 3.23. The zero-order valence-electron chi connectivity index (χ0n) is 9.43. The van der Waals surface area contributed by atoms with Gasteiger partial charge in [-0.25, -0.2) is 0 Å². The normalized spacial score (nSPS) is 10.9. The van der Waals surface area contributed by atoms with Crippen LogP contribution in [0.5, 0.6) is 0 Å². The predicted octanol–water partition coefficient (Wildman–Crippen LogP) is 1.52. The van der Waals surface area contributed by atoms with Gasteiger partial charge in [0.25, 0.3) is 0 Å². The van der Waals surface area contributed by atoms with E-state index >= 15 is 0 Å². The van der Waals surface area contributed by atoms with Gasteiger partial charge in [-0.1, -0.05) is 0 Å². The molecule has 0 saturated carbocycles. The molecule has 4 nitrogen and oxygen atoms in total. The fraction of sp³-hybridized carbons (Fsp3) is 0.417. The number of hydrogen-bond donors (Lipinski definition) is 1. The second-order valence-electron chi connectivity index (χ2n) is 3.34. The van der Waals surface area contributed by atoms with Gasteiger partial charge < -0.3 is 14.4 Å². The van der Waals surface area contributed by atoms with Gasteiger partial charge in [0.1, 0.15) is 5.76 Å². The third-order valence-electron chi connectivity index (χ3n) is 2.21. The summed E-state index contributed by atoms with van der Waals surface area (Å²) in [5, 5.41) is 8.70. The highest BCUT2D eigenvalue weighted by Gasteiger charge is 2.07. The van der Waals surface area contributed by atoms with E-state index in [1.807, 2.05) is 6.92 Å². The number of hydrogen-bond acceptors (Lipinski definition) is 3. The first-order valence-corrected chi connectivity index (χ1v) is 5.39. The third kappa shape index (κ3) is 3.90. The quantitative estimate of drug-likeness (QED) is 0.744. The highest BCUT2D eigenvalue weighted by atomic mass is 16.3. The minimum absolute atomic E-state index is 0.0626. The maximum atomic E-state index is 11.7. The van der Waals surface area contributed by atoms with Crippen LogP contribution in [0.3, 0.4) is 0 Å². The van der Waals surface area contributed by atoms with Crippen LogP contribution in [0.1, 0.15) is 19.1 Å². The number of furan rings is 1. The van der Waals surface area contributed by atoms with Gasteiger partial charge in [0, 0.05) is 25.8 Å². The van der Waals surface area contributed by atoms with Crippen molar-refractivity contribution in [3.63, 3.8) is 0 Å². The molecule has 16 heavy (non-hydrogen) atoms. The Bertz CT molecular complexity index is 330. The number of rotatable bonds is 6. The molecule has 0 aliphatic heterocycles. The van der Waals surface area contributed by atoms with Crippen LogP contribution in [0.4, 0.5) is 0 Å². The summed E-state index contributed by atoms with van der Waals surface area (Å²) in [5.74, 6) is 0.596. The lowest BCUT2D eigenvalue weighted by molar-refractivity contribution is -0.125. The average Bonchev–Trinajstić information content (AvgIpc) is 2.80. The molecule has 0 aliphatic carbocycles. The van der Waals surface area contributed by atoms with Gasteiger partial charge in [0.05, 0.1) is 6.26 Å². The van der Waals surface area contributed by atoms with E-state index in [9.17, 15) is 4.79 Å². The Kier molecular flexibility index (Phi) is 5.36. The Morgan fingerprint density at radius 2 is 2.44 bits per heavy atom. The summed E-state index contributed by atoms with van der Waals surface area (Å²) in [5.41, 5.74) is 0. The number of carbonyl (C=O) groups is 1. The van der Waals surface area contributed by atoms with Crippen molar-refractivity contribution in [1.29, 1.82) is 0 Å². The van der Waals surface area contributed by atoms with Crippen molar-refractivity contribution in [2.75, 3.05) is 19.7 Å². The van der Waals surface area contributed by atoms with Crippen LogP contribution in [-0.4, -0.2) is 35.6 Å². The molecule has 0 atom stereocenters. The monoisotopic (exact) mass is 223 g/mol. The Labute approximate surface area is 95.2 Å². The van der Waals surface area contributed by atoms with Crippen LogP contribution in [0, 0.1) is 0 Å².